The van der Waals surface area contributed by atoms with Gasteiger partial charge in [-0.2, -0.15) is 0 Å². The van der Waals surface area contributed by atoms with Crippen LogP contribution >= 0.6 is 39.1 Å². The number of aliphatic carboxylic acids is 1. The molecule has 0 saturated carbocycles. The molecule has 1 atom stereocenters. The van der Waals surface area contributed by atoms with Crippen LogP contribution in [0.3, 0.4) is 0 Å². The number of nitrogens with one attached hydrogen (secondary N) is 1. The molecule has 180 valence electrons. The topological polar surface area (TPSA) is 101 Å². The van der Waals surface area contributed by atoms with Crippen molar-refractivity contribution >= 4 is 62.6 Å². The Kier molecular flexibility index (Phi) is 9.20. The van der Waals surface area contributed by atoms with E-state index in [1.165, 1.54) is 24.3 Å². The highest BCUT2D eigenvalue weighted by molar-refractivity contribution is 9.10. The van der Waals surface area contributed by atoms with Gasteiger partial charge in [0.15, 0.2) is 11.6 Å². The fourth-order valence-corrected chi connectivity index (χ4v) is 4.13. The third kappa shape index (κ3) is 7.24. The highest BCUT2D eigenvalue weighted by Crippen LogP contribution is 2.29. The van der Waals surface area contributed by atoms with Crippen LogP contribution in [-0.2, 0) is 4.79 Å². The lowest BCUT2D eigenvalue weighted by Crippen LogP contribution is -2.26. The summed E-state index contributed by atoms with van der Waals surface area (Å²) >= 11 is 15.4. The van der Waals surface area contributed by atoms with Crippen LogP contribution in [0.15, 0.2) is 71.2 Å². The van der Waals surface area contributed by atoms with Gasteiger partial charge in [0.05, 0.1) is 22.4 Å². The summed E-state index contributed by atoms with van der Waals surface area (Å²) in [7, 11) is 0. The number of benzene rings is 3. The highest BCUT2D eigenvalue weighted by Gasteiger charge is 2.26. The molecule has 1 unspecified atom stereocenters. The third-order valence-corrected chi connectivity index (χ3v) is 6.49. The monoisotopic (exact) mass is 575 g/mol. The predicted molar refractivity (Wildman–Crippen MR) is 138 cm³/mol. The van der Waals surface area contributed by atoms with Crippen molar-refractivity contribution in [1.29, 1.82) is 0 Å². The minimum Gasteiger partial charge on any atom is -0.481 e. The van der Waals surface area contributed by atoms with Crippen molar-refractivity contribution in [2.24, 2.45) is 0 Å². The average molecular weight is 577 g/mol. The van der Waals surface area contributed by atoms with E-state index in [1.54, 1.807) is 42.5 Å². The number of hydrogen-bond acceptors (Lipinski definition) is 4. The first-order chi connectivity index (χ1) is 16.7. The molecule has 9 heteroatoms. The number of Topliss-reactive ketones (excluding diaryl/α,β-unsaturated/α-hetero) is 2. The van der Waals surface area contributed by atoms with Crippen molar-refractivity contribution in [3.05, 3.63) is 104 Å². The molecule has 0 bridgehead atoms. The maximum atomic E-state index is 13.5. The van der Waals surface area contributed by atoms with Crippen molar-refractivity contribution in [2.75, 3.05) is 6.54 Å². The van der Waals surface area contributed by atoms with Gasteiger partial charge < -0.3 is 10.4 Å². The van der Waals surface area contributed by atoms with Crippen molar-refractivity contribution in [3.63, 3.8) is 0 Å². The quantitative estimate of drug-likeness (QED) is 0.280. The molecular formula is C26H20BrCl2NO5. The van der Waals surface area contributed by atoms with E-state index >= 15 is 0 Å². The molecule has 0 radical (unpaired) electrons. The van der Waals surface area contributed by atoms with Crippen LogP contribution in [0.2, 0.25) is 10.0 Å². The molecule has 3 aromatic rings. The van der Waals surface area contributed by atoms with Crippen molar-refractivity contribution < 1.29 is 24.3 Å². The standard InChI is InChI=1S/C26H20BrCl2NO5/c27-19-3-1-2-18(12-19)25(34)20(14-23(31)17-8-9-21(28)22(29)13-17)15-4-6-16(7-5-15)26(35)30-11-10-24(32)33/h1-9,12-13,20H,10-11,14H2,(H,30,35)(H,32,33). The number of carboxylic acid groups (broad SMARTS) is 1. The smallest absolute Gasteiger partial charge is 0.305 e. The van der Waals surface area contributed by atoms with Gasteiger partial charge in [0.25, 0.3) is 5.91 Å². The van der Waals surface area contributed by atoms with E-state index in [9.17, 15) is 19.2 Å². The van der Waals surface area contributed by atoms with Gasteiger partial charge in [0.1, 0.15) is 0 Å². The molecule has 0 aliphatic carbocycles. The molecule has 35 heavy (non-hydrogen) atoms. The number of ketones is 2. The largest absolute Gasteiger partial charge is 0.481 e. The number of rotatable bonds is 10. The van der Waals surface area contributed by atoms with E-state index in [2.05, 4.69) is 21.2 Å². The van der Waals surface area contributed by atoms with Gasteiger partial charge in [-0.3, -0.25) is 19.2 Å². The number of carboxylic acids is 1. The lowest BCUT2D eigenvalue weighted by Gasteiger charge is -2.17. The molecule has 0 aromatic heterocycles. The number of carbonyl (C=O) groups is 4. The first kappa shape index (κ1) is 26.6. The number of amides is 1. The van der Waals surface area contributed by atoms with Crippen LogP contribution in [0.1, 0.15) is 55.4 Å². The molecule has 1 amide bonds. The summed E-state index contributed by atoms with van der Waals surface area (Å²) in [5, 5.41) is 11.8. The van der Waals surface area contributed by atoms with Crippen molar-refractivity contribution in [1.82, 2.24) is 5.32 Å². The SMILES string of the molecule is O=C(O)CCNC(=O)c1ccc(C(CC(=O)c2ccc(Cl)c(Cl)c2)C(=O)c2cccc(Br)c2)cc1. The van der Waals surface area contributed by atoms with Gasteiger partial charge in [0.2, 0.25) is 0 Å². The Bertz CT molecular complexity index is 1280. The fourth-order valence-electron chi connectivity index (χ4n) is 3.43. The van der Waals surface area contributed by atoms with Gasteiger partial charge >= 0.3 is 5.97 Å². The van der Waals surface area contributed by atoms with Crippen molar-refractivity contribution in [2.45, 2.75) is 18.8 Å². The molecule has 0 aliphatic rings. The van der Waals surface area contributed by atoms with Gasteiger partial charge in [0, 0.05) is 34.1 Å². The lowest BCUT2D eigenvalue weighted by molar-refractivity contribution is -0.136. The van der Waals surface area contributed by atoms with Gasteiger partial charge in [-0.05, 0) is 48.0 Å². The Hall–Kier alpha value is -3.00. The molecule has 0 saturated heterocycles. The molecule has 0 spiro atoms. The lowest BCUT2D eigenvalue weighted by atomic mass is 9.85. The number of halogens is 3. The number of hydrogen-bond donors (Lipinski definition) is 2. The first-order valence-corrected chi connectivity index (χ1v) is 12.1. The average Bonchev–Trinajstić information content (AvgIpc) is 2.83. The zero-order chi connectivity index (χ0) is 25.5. The Morgan fingerprint density at radius 2 is 1.54 bits per heavy atom. The summed E-state index contributed by atoms with van der Waals surface area (Å²) in [6, 6.07) is 17.8. The van der Waals surface area contributed by atoms with Crippen LogP contribution in [0.25, 0.3) is 0 Å². The van der Waals surface area contributed by atoms with E-state index in [1.807, 2.05) is 0 Å². The van der Waals surface area contributed by atoms with E-state index < -0.39 is 17.8 Å². The highest BCUT2D eigenvalue weighted by atomic mass is 79.9. The Morgan fingerprint density at radius 1 is 0.857 bits per heavy atom. The van der Waals surface area contributed by atoms with Crippen LogP contribution in [0.4, 0.5) is 0 Å². The van der Waals surface area contributed by atoms with Crippen LogP contribution in [0.5, 0.6) is 0 Å². The van der Waals surface area contributed by atoms with Gasteiger partial charge in [-0.25, -0.2) is 0 Å². The summed E-state index contributed by atoms with van der Waals surface area (Å²) < 4.78 is 0.728. The Morgan fingerprint density at radius 3 is 2.17 bits per heavy atom. The molecular weight excluding hydrogens is 557 g/mol. The Labute approximate surface area is 220 Å². The summed E-state index contributed by atoms with van der Waals surface area (Å²) in [6.07, 6.45) is -0.308. The normalized spacial score (nSPS) is 11.5. The molecule has 2 N–H and O–H groups in total. The van der Waals surface area contributed by atoms with E-state index in [4.69, 9.17) is 28.3 Å². The Balaban J connectivity index is 1.88. The second kappa shape index (κ2) is 12.1. The summed E-state index contributed by atoms with van der Waals surface area (Å²) in [4.78, 5) is 49.4. The number of carbonyl (C=O) groups excluding carboxylic acids is 3. The second-order valence-corrected chi connectivity index (χ2v) is 9.44. The van der Waals surface area contributed by atoms with Crippen LogP contribution in [-0.4, -0.2) is 35.1 Å². The van der Waals surface area contributed by atoms with Gasteiger partial charge in [-0.15, -0.1) is 0 Å². The molecule has 6 nitrogen and oxygen atoms in total. The summed E-state index contributed by atoms with van der Waals surface area (Å²) in [6.45, 7) is -0.00192. The van der Waals surface area contributed by atoms with Gasteiger partial charge in [-0.1, -0.05) is 63.4 Å². The minimum atomic E-state index is -1.01. The van der Waals surface area contributed by atoms with Crippen molar-refractivity contribution in [3.8, 4) is 0 Å². The van der Waals surface area contributed by atoms with E-state index in [0.29, 0.717) is 27.3 Å². The van der Waals surface area contributed by atoms with E-state index in [-0.39, 0.29) is 36.0 Å². The molecule has 3 rings (SSSR count). The second-order valence-electron chi connectivity index (χ2n) is 7.71. The van der Waals surface area contributed by atoms with E-state index in [0.717, 1.165) is 4.47 Å². The molecule has 0 heterocycles. The zero-order valence-electron chi connectivity index (χ0n) is 18.3. The first-order valence-electron chi connectivity index (χ1n) is 10.5. The maximum Gasteiger partial charge on any atom is 0.305 e. The minimum absolute atomic E-state index is 0.00192. The molecule has 3 aromatic carbocycles. The zero-order valence-corrected chi connectivity index (χ0v) is 21.4. The van der Waals surface area contributed by atoms with Crippen LogP contribution in [0, 0.1) is 0 Å². The molecule has 0 aliphatic heterocycles. The summed E-state index contributed by atoms with van der Waals surface area (Å²) in [5.74, 6) is -2.79. The third-order valence-electron chi connectivity index (χ3n) is 5.26. The fraction of sp³-hybridized carbons (Fsp3) is 0.154. The molecule has 0 fully saturated rings. The predicted octanol–water partition coefficient (Wildman–Crippen LogP) is 6.20. The summed E-state index contributed by atoms with van der Waals surface area (Å²) in [5.41, 5.74) is 1.64. The van der Waals surface area contributed by atoms with Crippen LogP contribution < -0.4 is 5.32 Å². The maximum absolute atomic E-state index is 13.5.